The Kier molecular flexibility index (Phi) is 4.08. The molecule has 0 amide bonds. The molecule has 0 aliphatic carbocycles. The number of pyridine rings is 1. The monoisotopic (exact) mass is 323 g/mol. The number of carbonyl (C=O) groups excluding carboxylic acids is 1. The summed E-state index contributed by atoms with van der Waals surface area (Å²) in [5.41, 5.74) is 0. The van der Waals surface area contributed by atoms with Gasteiger partial charge in [-0.3, -0.25) is 0 Å². The minimum Gasteiger partial charge on any atom is -0.399 e. The Balaban J connectivity index is 3.14. The molecule has 0 unspecified atom stereocenters. The smallest absolute Gasteiger partial charge is 0.399 e. The van der Waals surface area contributed by atoms with E-state index in [1.54, 1.807) is 0 Å². The Morgan fingerprint density at radius 1 is 1.33 bits per heavy atom. The molecule has 0 aliphatic rings. The van der Waals surface area contributed by atoms with Crippen molar-refractivity contribution in [3.8, 4) is 5.88 Å². The maximum absolute atomic E-state index is 11.9. The maximum atomic E-state index is 11.9. The number of alkyl halides is 3. The molecular weight excluding hydrogens is 322 g/mol. The molecule has 11 heteroatoms. The summed E-state index contributed by atoms with van der Waals surface area (Å²) >= 11 is 5.40. The molecule has 1 aromatic heterocycles. The highest BCUT2D eigenvalue weighted by atomic mass is 35.7. The second-order valence-corrected chi connectivity index (χ2v) is 5.68. The second kappa shape index (κ2) is 4.90. The molecule has 5 nitrogen and oxygen atoms in total. The molecule has 0 aromatic carbocycles. The van der Waals surface area contributed by atoms with Crippen molar-refractivity contribution >= 4 is 37.3 Å². The molecule has 18 heavy (non-hydrogen) atoms. The van der Waals surface area contributed by atoms with Crippen LogP contribution in [-0.4, -0.2) is 25.5 Å². The molecule has 1 rings (SSSR count). The van der Waals surface area contributed by atoms with Crippen LogP contribution in [-0.2, 0) is 13.8 Å². The Bertz CT molecular complexity index is 587. The van der Waals surface area contributed by atoms with E-state index in [4.69, 9.17) is 22.3 Å². The van der Waals surface area contributed by atoms with E-state index in [-0.39, 0.29) is 0 Å². The van der Waals surface area contributed by atoms with Crippen molar-refractivity contribution in [1.82, 2.24) is 4.98 Å². The number of nitrogens with zero attached hydrogens (tertiary/aromatic N) is 1. The molecular formula is C7H2Cl2F3NO4S. The lowest BCUT2D eigenvalue weighted by Gasteiger charge is -2.07. The number of rotatable bonds is 2. The number of hydrogen-bond acceptors (Lipinski definition) is 5. The van der Waals surface area contributed by atoms with Crippen LogP contribution < -0.4 is 4.74 Å². The van der Waals surface area contributed by atoms with Gasteiger partial charge in [-0.2, -0.15) is 18.2 Å². The number of esters is 1. The molecule has 0 radical (unpaired) electrons. The molecule has 0 fully saturated rings. The summed E-state index contributed by atoms with van der Waals surface area (Å²) in [5, 5.41) is -1.27. The summed E-state index contributed by atoms with van der Waals surface area (Å²) in [7, 11) is 0.630. The van der Waals surface area contributed by atoms with Crippen LogP contribution in [0, 0.1) is 0 Å². The molecule has 0 bridgehead atoms. The topological polar surface area (TPSA) is 73.3 Å². The first-order valence-electron chi connectivity index (χ1n) is 3.92. The highest BCUT2D eigenvalue weighted by Crippen LogP contribution is 2.27. The molecule has 0 aliphatic heterocycles. The van der Waals surface area contributed by atoms with E-state index < -0.39 is 37.1 Å². The van der Waals surface area contributed by atoms with Crippen molar-refractivity contribution in [3.63, 3.8) is 0 Å². The fraction of sp³-hybridized carbons (Fsp3) is 0.143. The second-order valence-electron chi connectivity index (χ2n) is 2.76. The van der Waals surface area contributed by atoms with E-state index in [0.29, 0.717) is 0 Å². The summed E-state index contributed by atoms with van der Waals surface area (Å²) in [5.74, 6) is -3.58. The maximum Gasteiger partial charge on any atom is 0.491 e. The van der Waals surface area contributed by atoms with E-state index in [9.17, 15) is 26.4 Å². The van der Waals surface area contributed by atoms with Crippen LogP contribution >= 0.6 is 22.3 Å². The van der Waals surface area contributed by atoms with E-state index in [1.807, 2.05) is 0 Å². The van der Waals surface area contributed by atoms with Gasteiger partial charge in [0.2, 0.25) is 5.88 Å². The third-order valence-corrected chi connectivity index (χ3v) is 2.95. The van der Waals surface area contributed by atoms with Crippen molar-refractivity contribution in [2.24, 2.45) is 0 Å². The van der Waals surface area contributed by atoms with Gasteiger partial charge in [-0.1, -0.05) is 11.6 Å². The van der Waals surface area contributed by atoms with Gasteiger partial charge in [-0.25, -0.2) is 13.2 Å². The lowest BCUT2D eigenvalue weighted by molar-refractivity contribution is -0.190. The Hall–Kier alpha value is -1.06. The number of aromatic nitrogens is 1. The van der Waals surface area contributed by atoms with Crippen LogP contribution in [0.4, 0.5) is 13.2 Å². The number of ether oxygens (including phenoxy) is 1. The molecule has 0 saturated carbocycles. The minimum atomic E-state index is -5.26. The van der Waals surface area contributed by atoms with Crippen molar-refractivity contribution < 1.29 is 31.1 Å². The van der Waals surface area contributed by atoms with Gasteiger partial charge < -0.3 is 4.74 Å². The molecule has 100 valence electrons. The van der Waals surface area contributed by atoms with E-state index in [1.165, 1.54) is 0 Å². The summed E-state index contributed by atoms with van der Waals surface area (Å²) < 4.78 is 61.3. The number of carbonyl (C=O) groups is 1. The lowest BCUT2D eigenvalue weighted by atomic mass is 10.5. The quantitative estimate of drug-likeness (QED) is 0.615. The zero-order chi connectivity index (χ0) is 14.1. The molecule has 0 N–H and O–H groups in total. The zero-order valence-corrected chi connectivity index (χ0v) is 10.4. The van der Waals surface area contributed by atoms with Gasteiger partial charge in [0.1, 0.15) is 5.02 Å². The first kappa shape index (κ1) is 15.0. The van der Waals surface area contributed by atoms with Crippen molar-refractivity contribution in [1.29, 1.82) is 0 Å². The van der Waals surface area contributed by atoms with Crippen LogP contribution in [0.1, 0.15) is 0 Å². The minimum absolute atomic E-state index is 0.475. The van der Waals surface area contributed by atoms with E-state index >= 15 is 0 Å². The fourth-order valence-corrected chi connectivity index (χ4v) is 1.58. The SMILES string of the molecule is O=C(Oc1nc(S(=O)(=O)Cl)ccc1Cl)C(F)(F)F. The third-order valence-electron chi connectivity index (χ3n) is 1.46. The Labute approximate surface area is 108 Å². The average Bonchev–Trinajstić information content (AvgIpc) is 2.18. The van der Waals surface area contributed by atoms with Gasteiger partial charge in [0, 0.05) is 10.7 Å². The summed E-state index contributed by atoms with van der Waals surface area (Å²) in [4.78, 5) is 13.6. The highest BCUT2D eigenvalue weighted by Gasteiger charge is 2.42. The number of halogens is 5. The third kappa shape index (κ3) is 3.72. The zero-order valence-electron chi connectivity index (χ0n) is 8.03. The largest absolute Gasteiger partial charge is 0.491 e. The van der Waals surface area contributed by atoms with Crippen molar-refractivity contribution in [2.45, 2.75) is 11.2 Å². The first-order valence-corrected chi connectivity index (χ1v) is 6.61. The van der Waals surface area contributed by atoms with Crippen LogP contribution in [0.15, 0.2) is 17.2 Å². The van der Waals surface area contributed by atoms with Gasteiger partial charge in [-0.05, 0) is 12.1 Å². The van der Waals surface area contributed by atoms with Crippen LogP contribution in [0.3, 0.4) is 0 Å². The standard InChI is InChI=1S/C7H2Cl2F3NO4S/c8-3-1-2-4(18(9,15)16)13-5(3)17-6(14)7(10,11)12/h1-2H. The first-order chi connectivity index (χ1) is 8.01. The van der Waals surface area contributed by atoms with Gasteiger partial charge in [-0.15, -0.1) is 0 Å². The van der Waals surface area contributed by atoms with Crippen LogP contribution in [0.5, 0.6) is 5.88 Å². The van der Waals surface area contributed by atoms with Gasteiger partial charge in [0.15, 0.2) is 5.03 Å². The van der Waals surface area contributed by atoms with Gasteiger partial charge >= 0.3 is 12.1 Å². The van der Waals surface area contributed by atoms with Crippen LogP contribution in [0.25, 0.3) is 0 Å². The van der Waals surface area contributed by atoms with Gasteiger partial charge in [0.25, 0.3) is 9.05 Å². The van der Waals surface area contributed by atoms with E-state index in [2.05, 4.69) is 9.72 Å². The summed E-state index contributed by atoms with van der Waals surface area (Å²) in [6.45, 7) is 0. The predicted octanol–water partition coefficient (Wildman–Crippen LogP) is 2.13. The molecule has 0 atom stereocenters. The van der Waals surface area contributed by atoms with Gasteiger partial charge in [0.05, 0.1) is 0 Å². The molecule has 1 heterocycles. The summed E-state index contributed by atoms with van der Waals surface area (Å²) in [6, 6.07) is 1.72. The Morgan fingerprint density at radius 3 is 2.33 bits per heavy atom. The van der Waals surface area contributed by atoms with Crippen molar-refractivity contribution in [3.05, 3.63) is 17.2 Å². The predicted molar refractivity (Wildman–Crippen MR) is 54.0 cm³/mol. The molecule has 1 aromatic rings. The van der Waals surface area contributed by atoms with Crippen LogP contribution in [0.2, 0.25) is 5.02 Å². The molecule has 0 saturated heterocycles. The molecule has 0 spiro atoms. The normalized spacial score (nSPS) is 12.3. The lowest BCUT2D eigenvalue weighted by Crippen LogP contribution is -2.28. The summed E-state index contributed by atoms with van der Waals surface area (Å²) in [6.07, 6.45) is -5.26. The fourth-order valence-electron chi connectivity index (χ4n) is 0.760. The van der Waals surface area contributed by atoms with Crippen molar-refractivity contribution in [2.75, 3.05) is 0 Å². The Morgan fingerprint density at radius 2 is 1.89 bits per heavy atom. The highest BCUT2D eigenvalue weighted by molar-refractivity contribution is 8.13. The number of hydrogen-bond donors (Lipinski definition) is 0. The van der Waals surface area contributed by atoms with E-state index in [0.717, 1.165) is 12.1 Å². The average molecular weight is 324 g/mol.